The van der Waals surface area contributed by atoms with Gasteiger partial charge in [-0.25, -0.2) is 9.97 Å². The molecule has 5 nitrogen and oxygen atoms in total. The fraction of sp³-hybridized carbons (Fsp3) is 0.714. The summed E-state index contributed by atoms with van der Waals surface area (Å²) in [6, 6.07) is 2.61. The molecule has 0 radical (unpaired) electrons. The maximum absolute atomic E-state index is 5.54. The number of aromatic nitrogens is 2. The number of nitrogens with zero attached hydrogens (tertiary/aromatic N) is 3. The maximum atomic E-state index is 5.54. The van der Waals surface area contributed by atoms with Crippen LogP contribution in [-0.2, 0) is 0 Å². The molecule has 5 heteroatoms. The molecule has 0 atom stereocenters. The Morgan fingerprint density at radius 2 is 2.11 bits per heavy atom. The van der Waals surface area contributed by atoms with Gasteiger partial charge in [-0.3, -0.25) is 0 Å². The zero-order chi connectivity index (χ0) is 13.5. The maximum Gasteiger partial charge on any atom is 0.133 e. The van der Waals surface area contributed by atoms with Crippen molar-refractivity contribution in [2.24, 2.45) is 5.73 Å². The number of nitrogens with one attached hydrogen (secondary N) is 1. The summed E-state index contributed by atoms with van der Waals surface area (Å²) in [6.07, 6.45) is 9.14. The van der Waals surface area contributed by atoms with Gasteiger partial charge in [0.15, 0.2) is 0 Å². The van der Waals surface area contributed by atoms with Crippen LogP contribution in [0, 0.1) is 0 Å². The van der Waals surface area contributed by atoms with Crippen molar-refractivity contribution in [2.45, 2.75) is 44.6 Å². The Labute approximate surface area is 115 Å². The number of rotatable bonds is 6. The van der Waals surface area contributed by atoms with Gasteiger partial charge in [-0.05, 0) is 25.8 Å². The Balaban J connectivity index is 1.93. The Kier molecular flexibility index (Phi) is 5.39. The Morgan fingerprint density at radius 3 is 2.84 bits per heavy atom. The fourth-order valence-corrected chi connectivity index (χ4v) is 2.53. The van der Waals surface area contributed by atoms with Crippen LogP contribution in [0.15, 0.2) is 12.4 Å². The molecule has 0 spiro atoms. The van der Waals surface area contributed by atoms with Crippen LogP contribution < -0.4 is 16.0 Å². The molecule has 1 aromatic heterocycles. The van der Waals surface area contributed by atoms with E-state index >= 15 is 0 Å². The van der Waals surface area contributed by atoms with Gasteiger partial charge in [0.1, 0.15) is 18.0 Å². The molecule has 3 N–H and O–H groups in total. The lowest BCUT2D eigenvalue weighted by Gasteiger charge is -2.24. The molecule has 0 unspecified atom stereocenters. The van der Waals surface area contributed by atoms with E-state index in [9.17, 15) is 0 Å². The van der Waals surface area contributed by atoms with Crippen LogP contribution in [0.4, 0.5) is 11.6 Å². The van der Waals surface area contributed by atoms with Crippen LogP contribution in [0.5, 0.6) is 0 Å². The molecule has 1 aliphatic rings. The third-order valence-corrected chi connectivity index (χ3v) is 3.70. The molecule has 0 aliphatic heterocycles. The van der Waals surface area contributed by atoms with Crippen LogP contribution in [0.3, 0.4) is 0 Å². The summed E-state index contributed by atoms with van der Waals surface area (Å²) in [5.74, 6) is 1.90. The van der Waals surface area contributed by atoms with E-state index in [1.165, 1.54) is 32.1 Å². The third kappa shape index (κ3) is 4.35. The predicted molar refractivity (Wildman–Crippen MR) is 79.5 cm³/mol. The fourth-order valence-electron chi connectivity index (χ4n) is 2.53. The Bertz CT molecular complexity index is 376. The van der Waals surface area contributed by atoms with Crippen molar-refractivity contribution >= 4 is 11.6 Å². The molecule has 1 heterocycles. The molecule has 0 aromatic carbocycles. The van der Waals surface area contributed by atoms with Crippen molar-refractivity contribution in [3.63, 3.8) is 0 Å². The first kappa shape index (κ1) is 14.1. The van der Waals surface area contributed by atoms with Gasteiger partial charge >= 0.3 is 0 Å². The van der Waals surface area contributed by atoms with E-state index < -0.39 is 0 Å². The average Bonchev–Trinajstić information content (AvgIpc) is 2.46. The molecule has 1 saturated carbocycles. The summed E-state index contributed by atoms with van der Waals surface area (Å²) < 4.78 is 0. The summed E-state index contributed by atoms with van der Waals surface area (Å²) in [7, 11) is 2.04. The Hall–Kier alpha value is -1.36. The smallest absolute Gasteiger partial charge is 0.133 e. The normalized spacial score (nSPS) is 16.3. The molecule has 1 fully saturated rings. The van der Waals surface area contributed by atoms with E-state index in [4.69, 9.17) is 5.73 Å². The van der Waals surface area contributed by atoms with Crippen LogP contribution in [-0.4, -0.2) is 36.1 Å². The largest absolute Gasteiger partial charge is 0.367 e. The SMILES string of the molecule is CN(CCCN)c1cc(NC2CCCCC2)ncn1. The van der Waals surface area contributed by atoms with Crippen molar-refractivity contribution in [2.75, 3.05) is 30.4 Å². The van der Waals surface area contributed by atoms with Crippen molar-refractivity contribution < 1.29 is 0 Å². The van der Waals surface area contributed by atoms with E-state index in [2.05, 4.69) is 20.2 Å². The molecule has 0 bridgehead atoms. The molecular formula is C14H25N5. The lowest BCUT2D eigenvalue weighted by molar-refractivity contribution is 0.462. The third-order valence-electron chi connectivity index (χ3n) is 3.70. The van der Waals surface area contributed by atoms with Gasteiger partial charge in [0, 0.05) is 25.7 Å². The van der Waals surface area contributed by atoms with Crippen LogP contribution in [0.1, 0.15) is 38.5 Å². The summed E-state index contributed by atoms with van der Waals surface area (Å²) in [5.41, 5.74) is 5.54. The van der Waals surface area contributed by atoms with E-state index in [0.717, 1.165) is 24.6 Å². The highest BCUT2D eigenvalue weighted by Crippen LogP contribution is 2.21. The van der Waals surface area contributed by atoms with Crippen molar-refractivity contribution in [3.05, 3.63) is 12.4 Å². The summed E-state index contributed by atoms with van der Waals surface area (Å²) >= 11 is 0. The van der Waals surface area contributed by atoms with Crippen LogP contribution in [0.25, 0.3) is 0 Å². The molecule has 0 saturated heterocycles. The molecular weight excluding hydrogens is 238 g/mol. The molecule has 106 valence electrons. The van der Waals surface area contributed by atoms with Gasteiger partial charge in [-0.15, -0.1) is 0 Å². The van der Waals surface area contributed by atoms with Crippen molar-refractivity contribution in [1.82, 2.24) is 9.97 Å². The molecule has 2 rings (SSSR count). The highest BCUT2D eigenvalue weighted by Gasteiger charge is 2.14. The highest BCUT2D eigenvalue weighted by molar-refractivity contribution is 5.48. The summed E-state index contributed by atoms with van der Waals surface area (Å²) in [4.78, 5) is 10.8. The molecule has 1 aliphatic carbocycles. The average molecular weight is 263 g/mol. The highest BCUT2D eigenvalue weighted by atomic mass is 15.2. The van der Waals surface area contributed by atoms with Crippen molar-refractivity contribution in [1.29, 1.82) is 0 Å². The minimum absolute atomic E-state index is 0.575. The van der Waals surface area contributed by atoms with Gasteiger partial charge in [0.25, 0.3) is 0 Å². The minimum Gasteiger partial charge on any atom is -0.367 e. The standard InChI is InChI=1S/C14H25N5/c1-19(9-5-8-15)14-10-13(16-11-17-14)18-12-6-3-2-4-7-12/h10-12H,2-9,15H2,1H3,(H,16,17,18). The molecule has 0 amide bonds. The van der Waals surface area contributed by atoms with Crippen molar-refractivity contribution in [3.8, 4) is 0 Å². The lowest BCUT2D eigenvalue weighted by atomic mass is 9.95. The molecule has 19 heavy (non-hydrogen) atoms. The first-order valence-corrected chi connectivity index (χ1v) is 7.29. The lowest BCUT2D eigenvalue weighted by Crippen LogP contribution is -2.24. The van der Waals surface area contributed by atoms with Crippen LogP contribution >= 0.6 is 0 Å². The molecule has 1 aromatic rings. The summed E-state index contributed by atoms with van der Waals surface area (Å²) in [5, 5.41) is 3.53. The van der Waals surface area contributed by atoms with Gasteiger partial charge in [0.05, 0.1) is 0 Å². The second kappa shape index (κ2) is 7.28. The number of hydrogen-bond donors (Lipinski definition) is 2. The predicted octanol–water partition coefficient (Wildman–Crippen LogP) is 2.01. The van der Waals surface area contributed by atoms with E-state index in [1.54, 1.807) is 6.33 Å². The number of anilines is 2. The second-order valence-corrected chi connectivity index (χ2v) is 5.30. The van der Waals surface area contributed by atoms with Gasteiger partial charge in [-0.2, -0.15) is 0 Å². The number of hydrogen-bond acceptors (Lipinski definition) is 5. The monoisotopic (exact) mass is 263 g/mol. The van der Waals surface area contributed by atoms with E-state index in [-0.39, 0.29) is 0 Å². The summed E-state index contributed by atoms with van der Waals surface area (Å²) in [6.45, 7) is 1.64. The second-order valence-electron chi connectivity index (χ2n) is 5.30. The van der Waals surface area contributed by atoms with Crippen LogP contribution in [0.2, 0.25) is 0 Å². The number of nitrogens with two attached hydrogens (primary N) is 1. The zero-order valence-corrected chi connectivity index (χ0v) is 11.8. The van der Waals surface area contributed by atoms with E-state index in [0.29, 0.717) is 12.6 Å². The van der Waals surface area contributed by atoms with Gasteiger partial charge in [-0.1, -0.05) is 19.3 Å². The first-order chi connectivity index (χ1) is 9.29. The van der Waals surface area contributed by atoms with Gasteiger partial charge < -0.3 is 16.0 Å². The minimum atomic E-state index is 0.575. The first-order valence-electron chi connectivity index (χ1n) is 7.29. The Morgan fingerprint density at radius 1 is 1.32 bits per heavy atom. The van der Waals surface area contributed by atoms with Gasteiger partial charge in [0.2, 0.25) is 0 Å². The zero-order valence-electron chi connectivity index (χ0n) is 11.8. The topological polar surface area (TPSA) is 67.1 Å². The van der Waals surface area contributed by atoms with E-state index in [1.807, 2.05) is 13.1 Å². The quantitative estimate of drug-likeness (QED) is 0.821.